The van der Waals surface area contributed by atoms with Crippen molar-refractivity contribution in [2.24, 2.45) is 5.92 Å². The molecule has 0 saturated carbocycles. The van der Waals surface area contributed by atoms with Gasteiger partial charge in [0.15, 0.2) is 0 Å². The first-order valence-corrected chi connectivity index (χ1v) is 7.18. The number of esters is 1. The van der Waals surface area contributed by atoms with Crippen LogP contribution in [0.2, 0.25) is 0 Å². The fraction of sp³-hybridized carbons (Fsp3) is 0.562. The molecule has 0 aliphatic rings. The molecule has 1 unspecified atom stereocenters. The normalized spacial score (nSPS) is 12.2. The highest BCUT2D eigenvalue weighted by atomic mass is 16.5. The number of carbonyl (C=O) groups is 1. The summed E-state index contributed by atoms with van der Waals surface area (Å²) < 4.78 is 4.79. The third-order valence-corrected chi connectivity index (χ3v) is 3.27. The van der Waals surface area contributed by atoms with Gasteiger partial charge >= 0.3 is 5.97 Å². The molecular formula is C16H26N2O2. The Kier molecular flexibility index (Phi) is 6.36. The van der Waals surface area contributed by atoms with Crippen molar-refractivity contribution < 1.29 is 9.53 Å². The first-order valence-electron chi connectivity index (χ1n) is 7.18. The zero-order valence-corrected chi connectivity index (χ0v) is 12.9. The van der Waals surface area contributed by atoms with Gasteiger partial charge in [-0.15, -0.1) is 0 Å². The van der Waals surface area contributed by atoms with Gasteiger partial charge in [0.25, 0.3) is 0 Å². The van der Waals surface area contributed by atoms with Gasteiger partial charge in [-0.2, -0.15) is 0 Å². The number of nitrogen functional groups attached to an aromatic ring is 1. The van der Waals surface area contributed by atoms with Crippen molar-refractivity contribution >= 4 is 17.3 Å². The van der Waals surface area contributed by atoms with Crippen molar-refractivity contribution in [1.29, 1.82) is 0 Å². The van der Waals surface area contributed by atoms with E-state index in [1.54, 1.807) is 12.1 Å². The lowest BCUT2D eigenvalue weighted by Gasteiger charge is -2.18. The standard InChI is InChI=1S/C16H26N2O2/c1-11(2)6-5-7-12(3)18-15-9-8-13(17)10-14(15)16(19)20-4/h8-12,18H,5-7,17H2,1-4H3. The Morgan fingerprint density at radius 3 is 2.60 bits per heavy atom. The summed E-state index contributed by atoms with van der Waals surface area (Å²) in [7, 11) is 1.38. The summed E-state index contributed by atoms with van der Waals surface area (Å²) in [5.74, 6) is 0.360. The predicted octanol–water partition coefficient (Wildman–Crippen LogP) is 3.68. The van der Waals surface area contributed by atoms with Gasteiger partial charge in [0.1, 0.15) is 0 Å². The van der Waals surface area contributed by atoms with Crippen LogP contribution >= 0.6 is 0 Å². The highest BCUT2D eigenvalue weighted by Gasteiger charge is 2.14. The maximum absolute atomic E-state index is 11.8. The largest absolute Gasteiger partial charge is 0.465 e. The number of hydrogen-bond donors (Lipinski definition) is 2. The van der Waals surface area contributed by atoms with Crippen molar-refractivity contribution in [3.63, 3.8) is 0 Å². The van der Waals surface area contributed by atoms with Crippen LogP contribution in [0, 0.1) is 5.92 Å². The predicted molar refractivity (Wildman–Crippen MR) is 84.0 cm³/mol. The van der Waals surface area contributed by atoms with Gasteiger partial charge < -0.3 is 15.8 Å². The van der Waals surface area contributed by atoms with Gasteiger partial charge in [-0.1, -0.05) is 26.7 Å². The van der Waals surface area contributed by atoms with Crippen LogP contribution in [0.15, 0.2) is 18.2 Å². The summed E-state index contributed by atoms with van der Waals surface area (Å²) in [4.78, 5) is 11.8. The van der Waals surface area contributed by atoms with Gasteiger partial charge in [-0.05, 0) is 37.5 Å². The number of anilines is 2. The Bertz CT molecular complexity index is 444. The lowest BCUT2D eigenvalue weighted by atomic mass is 10.0. The summed E-state index contributed by atoms with van der Waals surface area (Å²) in [6.45, 7) is 6.58. The molecule has 4 heteroatoms. The average molecular weight is 278 g/mol. The lowest BCUT2D eigenvalue weighted by molar-refractivity contribution is 0.0602. The van der Waals surface area contributed by atoms with Gasteiger partial charge in [-0.3, -0.25) is 0 Å². The molecule has 0 fully saturated rings. The van der Waals surface area contributed by atoms with Crippen molar-refractivity contribution in [3.05, 3.63) is 23.8 Å². The summed E-state index contributed by atoms with van der Waals surface area (Å²) in [5.41, 5.74) is 7.56. The van der Waals surface area contributed by atoms with Crippen LogP contribution in [0.3, 0.4) is 0 Å². The van der Waals surface area contributed by atoms with E-state index in [2.05, 4.69) is 26.1 Å². The topological polar surface area (TPSA) is 64.3 Å². The summed E-state index contributed by atoms with van der Waals surface area (Å²) in [6, 6.07) is 5.58. The van der Waals surface area contributed by atoms with E-state index in [1.165, 1.54) is 20.0 Å². The fourth-order valence-electron chi connectivity index (χ4n) is 2.14. The van der Waals surface area contributed by atoms with Crippen LogP contribution in [-0.4, -0.2) is 19.1 Å². The van der Waals surface area contributed by atoms with E-state index >= 15 is 0 Å². The number of methoxy groups -OCH3 is 1. The molecule has 0 aliphatic heterocycles. The van der Waals surface area contributed by atoms with Crippen LogP contribution in [0.1, 0.15) is 50.4 Å². The molecule has 1 aromatic rings. The maximum Gasteiger partial charge on any atom is 0.340 e. The quantitative estimate of drug-likeness (QED) is 0.590. The van der Waals surface area contributed by atoms with Crippen LogP contribution in [0.5, 0.6) is 0 Å². The van der Waals surface area contributed by atoms with E-state index in [9.17, 15) is 4.79 Å². The minimum absolute atomic E-state index is 0.306. The van der Waals surface area contributed by atoms with Crippen LogP contribution < -0.4 is 11.1 Å². The third kappa shape index (κ3) is 5.11. The molecule has 0 radical (unpaired) electrons. The van der Waals surface area contributed by atoms with E-state index in [-0.39, 0.29) is 5.97 Å². The molecule has 4 nitrogen and oxygen atoms in total. The van der Waals surface area contributed by atoms with Crippen LogP contribution in [0.25, 0.3) is 0 Å². The van der Waals surface area contributed by atoms with Crippen molar-refractivity contribution in [2.75, 3.05) is 18.2 Å². The smallest absolute Gasteiger partial charge is 0.340 e. The molecule has 20 heavy (non-hydrogen) atoms. The first kappa shape index (κ1) is 16.3. The number of rotatable bonds is 7. The highest BCUT2D eigenvalue weighted by molar-refractivity contribution is 5.96. The van der Waals surface area contributed by atoms with Crippen molar-refractivity contribution in [1.82, 2.24) is 0 Å². The van der Waals surface area contributed by atoms with Crippen LogP contribution in [0.4, 0.5) is 11.4 Å². The Balaban J connectivity index is 2.69. The highest BCUT2D eigenvalue weighted by Crippen LogP contribution is 2.22. The summed E-state index contributed by atoms with van der Waals surface area (Å²) in [6.07, 6.45) is 3.47. The molecule has 112 valence electrons. The van der Waals surface area contributed by atoms with E-state index in [4.69, 9.17) is 10.5 Å². The monoisotopic (exact) mass is 278 g/mol. The molecule has 1 rings (SSSR count). The van der Waals surface area contributed by atoms with E-state index in [0.29, 0.717) is 17.3 Å². The molecule has 0 saturated heterocycles. The van der Waals surface area contributed by atoms with Gasteiger partial charge in [-0.25, -0.2) is 4.79 Å². The molecule has 0 aromatic heterocycles. The third-order valence-electron chi connectivity index (χ3n) is 3.27. The molecule has 0 spiro atoms. The first-order chi connectivity index (χ1) is 9.43. The maximum atomic E-state index is 11.8. The SMILES string of the molecule is COC(=O)c1cc(N)ccc1NC(C)CCCC(C)C. The van der Waals surface area contributed by atoms with E-state index in [0.717, 1.165) is 18.0 Å². The zero-order valence-electron chi connectivity index (χ0n) is 12.9. The average Bonchev–Trinajstić information content (AvgIpc) is 2.39. The molecule has 0 aliphatic carbocycles. The van der Waals surface area contributed by atoms with Gasteiger partial charge in [0, 0.05) is 17.4 Å². The Hall–Kier alpha value is -1.71. The van der Waals surface area contributed by atoms with E-state index < -0.39 is 0 Å². The lowest BCUT2D eigenvalue weighted by Crippen LogP contribution is -2.18. The number of benzene rings is 1. The Morgan fingerprint density at radius 1 is 1.30 bits per heavy atom. The molecule has 0 amide bonds. The van der Waals surface area contributed by atoms with E-state index in [1.807, 2.05) is 6.07 Å². The molecule has 0 heterocycles. The number of hydrogen-bond acceptors (Lipinski definition) is 4. The van der Waals surface area contributed by atoms with Crippen LogP contribution in [-0.2, 0) is 4.74 Å². The number of nitrogens with one attached hydrogen (secondary N) is 1. The van der Waals surface area contributed by atoms with Gasteiger partial charge in [0.05, 0.1) is 12.7 Å². The molecule has 1 atom stereocenters. The minimum Gasteiger partial charge on any atom is -0.465 e. The number of nitrogens with two attached hydrogens (primary N) is 1. The number of carbonyl (C=O) groups excluding carboxylic acids is 1. The second-order valence-electron chi connectivity index (χ2n) is 5.67. The summed E-state index contributed by atoms with van der Waals surface area (Å²) in [5, 5.41) is 3.37. The van der Waals surface area contributed by atoms with Gasteiger partial charge in [0.2, 0.25) is 0 Å². The van der Waals surface area contributed by atoms with Crippen molar-refractivity contribution in [2.45, 2.75) is 46.1 Å². The second kappa shape index (κ2) is 7.78. The molecule has 3 N–H and O–H groups in total. The Morgan fingerprint density at radius 2 is 2.00 bits per heavy atom. The fourth-order valence-corrected chi connectivity index (χ4v) is 2.14. The number of ether oxygens (including phenoxy) is 1. The minimum atomic E-state index is -0.366. The summed E-state index contributed by atoms with van der Waals surface area (Å²) >= 11 is 0. The zero-order chi connectivity index (χ0) is 15.1. The second-order valence-corrected chi connectivity index (χ2v) is 5.67. The van der Waals surface area contributed by atoms with Crippen molar-refractivity contribution in [3.8, 4) is 0 Å². The Labute approximate surface area is 121 Å². The molecule has 1 aromatic carbocycles. The molecular weight excluding hydrogens is 252 g/mol. The molecule has 0 bridgehead atoms.